The number of nitrogens with two attached hydrogens (primary N) is 1. The fourth-order valence-electron chi connectivity index (χ4n) is 2.60. The number of hydrogen-bond acceptors (Lipinski definition) is 3. The summed E-state index contributed by atoms with van der Waals surface area (Å²) in [5.41, 5.74) is 6.79. The quantitative estimate of drug-likeness (QED) is 0.896. The third-order valence-electron chi connectivity index (χ3n) is 3.96. The van der Waals surface area contributed by atoms with Gasteiger partial charge >= 0.3 is 0 Å². The number of nitrogens with one attached hydrogen (secondary N) is 1. The first-order valence-electron chi connectivity index (χ1n) is 7.01. The van der Waals surface area contributed by atoms with Crippen LogP contribution in [0.25, 0.3) is 0 Å². The lowest BCUT2D eigenvalue weighted by Gasteiger charge is -2.42. The van der Waals surface area contributed by atoms with Crippen molar-refractivity contribution in [1.82, 2.24) is 4.90 Å². The molecule has 1 fully saturated rings. The van der Waals surface area contributed by atoms with Gasteiger partial charge in [-0.1, -0.05) is 37.0 Å². The van der Waals surface area contributed by atoms with Crippen molar-refractivity contribution >= 4 is 34.8 Å². The SMILES string of the molecule is CC1(C)CN(CC(=O)Nc2ccc(Cl)c(Cl)c2)CCC1N. The van der Waals surface area contributed by atoms with Gasteiger partial charge in [-0.25, -0.2) is 0 Å². The van der Waals surface area contributed by atoms with Gasteiger partial charge in [0.2, 0.25) is 5.91 Å². The molecule has 1 aliphatic rings. The zero-order valence-corrected chi connectivity index (χ0v) is 13.8. The van der Waals surface area contributed by atoms with Crippen LogP contribution in [0.4, 0.5) is 5.69 Å². The molecule has 0 bridgehead atoms. The molecule has 1 aromatic carbocycles. The van der Waals surface area contributed by atoms with Crippen molar-refractivity contribution in [2.45, 2.75) is 26.3 Å². The van der Waals surface area contributed by atoms with Crippen molar-refractivity contribution in [3.8, 4) is 0 Å². The number of benzene rings is 1. The Morgan fingerprint density at radius 3 is 2.76 bits per heavy atom. The number of halogens is 2. The van der Waals surface area contributed by atoms with Crippen LogP contribution < -0.4 is 11.1 Å². The molecular formula is C15H21Cl2N3O. The predicted molar refractivity (Wildman–Crippen MR) is 87.9 cm³/mol. The first-order chi connectivity index (χ1) is 9.78. The molecule has 21 heavy (non-hydrogen) atoms. The van der Waals surface area contributed by atoms with Gasteiger partial charge in [-0.3, -0.25) is 9.69 Å². The minimum absolute atomic E-state index is 0.0299. The molecule has 1 amide bonds. The maximum absolute atomic E-state index is 12.1. The summed E-state index contributed by atoms with van der Waals surface area (Å²) in [7, 11) is 0. The van der Waals surface area contributed by atoms with E-state index in [0.717, 1.165) is 19.5 Å². The fraction of sp³-hybridized carbons (Fsp3) is 0.533. The maximum atomic E-state index is 12.1. The summed E-state index contributed by atoms with van der Waals surface area (Å²) in [4.78, 5) is 14.2. The van der Waals surface area contributed by atoms with Gasteiger partial charge in [0.25, 0.3) is 0 Å². The monoisotopic (exact) mass is 329 g/mol. The Labute approximate surface area is 135 Å². The van der Waals surface area contributed by atoms with Gasteiger partial charge in [0.05, 0.1) is 16.6 Å². The maximum Gasteiger partial charge on any atom is 0.238 e. The molecule has 0 aliphatic carbocycles. The van der Waals surface area contributed by atoms with Gasteiger partial charge in [-0.15, -0.1) is 0 Å². The second-order valence-corrected chi connectivity index (χ2v) is 7.09. The molecule has 1 aromatic rings. The molecule has 2 rings (SSSR count). The van der Waals surface area contributed by atoms with E-state index >= 15 is 0 Å². The summed E-state index contributed by atoms with van der Waals surface area (Å²) in [6.45, 7) is 6.31. The average Bonchev–Trinajstić information content (AvgIpc) is 2.38. The molecule has 0 radical (unpaired) electrons. The number of rotatable bonds is 3. The Morgan fingerprint density at radius 1 is 1.43 bits per heavy atom. The lowest BCUT2D eigenvalue weighted by atomic mass is 9.80. The van der Waals surface area contributed by atoms with Crippen LogP contribution in [0, 0.1) is 5.41 Å². The van der Waals surface area contributed by atoms with Crippen LogP contribution in [0.3, 0.4) is 0 Å². The van der Waals surface area contributed by atoms with Crippen molar-refractivity contribution in [2.75, 3.05) is 25.0 Å². The third-order valence-corrected chi connectivity index (χ3v) is 4.70. The number of hydrogen-bond donors (Lipinski definition) is 2. The summed E-state index contributed by atoms with van der Waals surface area (Å²) in [6, 6.07) is 5.25. The molecule has 3 N–H and O–H groups in total. The molecule has 0 aromatic heterocycles. The van der Waals surface area contributed by atoms with E-state index in [-0.39, 0.29) is 17.4 Å². The van der Waals surface area contributed by atoms with Gasteiger partial charge in [0.15, 0.2) is 0 Å². The first kappa shape index (κ1) is 16.6. The molecule has 1 atom stereocenters. The van der Waals surface area contributed by atoms with Gasteiger partial charge in [0.1, 0.15) is 0 Å². The number of anilines is 1. The lowest BCUT2D eigenvalue weighted by Crippen LogP contribution is -2.53. The number of carbonyl (C=O) groups excluding carboxylic acids is 1. The molecule has 0 spiro atoms. The molecule has 4 nitrogen and oxygen atoms in total. The molecule has 0 saturated carbocycles. The summed E-state index contributed by atoms with van der Waals surface area (Å²) in [6.07, 6.45) is 0.910. The highest BCUT2D eigenvalue weighted by Gasteiger charge is 2.33. The van der Waals surface area contributed by atoms with E-state index in [2.05, 4.69) is 24.1 Å². The highest BCUT2D eigenvalue weighted by Crippen LogP contribution is 2.28. The fourth-order valence-corrected chi connectivity index (χ4v) is 2.90. The van der Waals surface area contributed by atoms with Crippen molar-refractivity contribution < 1.29 is 4.79 Å². The largest absolute Gasteiger partial charge is 0.327 e. The van der Waals surface area contributed by atoms with Gasteiger partial charge in [0, 0.05) is 24.8 Å². The zero-order chi connectivity index (χ0) is 15.6. The smallest absolute Gasteiger partial charge is 0.238 e. The van der Waals surface area contributed by atoms with Crippen molar-refractivity contribution in [2.24, 2.45) is 11.1 Å². The van der Waals surface area contributed by atoms with E-state index in [9.17, 15) is 4.79 Å². The lowest BCUT2D eigenvalue weighted by molar-refractivity contribution is -0.118. The number of piperidine rings is 1. The molecule has 1 saturated heterocycles. The summed E-state index contributed by atoms with van der Waals surface area (Å²) in [5, 5.41) is 3.74. The third kappa shape index (κ3) is 4.33. The van der Waals surface area contributed by atoms with Crippen LogP contribution >= 0.6 is 23.2 Å². The topological polar surface area (TPSA) is 58.4 Å². The molecule has 116 valence electrons. The van der Waals surface area contributed by atoms with E-state index in [1.54, 1.807) is 18.2 Å². The van der Waals surface area contributed by atoms with E-state index in [0.29, 0.717) is 22.3 Å². The van der Waals surface area contributed by atoms with Crippen LogP contribution in [0.2, 0.25) is 10.0 Å². The number of nitrogens with zero attached hydrogens (tertiary/aromatic N) is 1. The summed E-state index contributed by atoms with van der Waals surface area (Å²) in [5.74, 6) is -0.0559. The Hall–Kier alpha value is -0.810. The molecule has 1 unspecified atom stereocenters. The molecule has 6 heteroatoms. The standard InChI is InChI=1S/C15H21Cl2N3O/c1-15(2)9-20(6-5-13(15)18)8-14(21)19-10-3-4-11(16)12(17)7-10/h3-4,7,13H,5-6,8-9,18H2,1-2H3,(H,19,21). The van der Waals surface area contributed by atoms with Gasteiger partial charge in [-0.2, -0.15) is 0 Å². The van der Waals surface area contributed by atoms with Crippen molar-refractivity contribution in [1.29, 1.82) is 0 Å². The first-order valence-corrected chi connectivity index (χ1v) is 7.76. The van der Waals surface area contributed by atoms with Crippen LogP contribution in [-0.4, -0.2) is 36.5 Å². The normalized spacial score (nSPS) is 22.0. The Bertz CT molecular complexity index is 534. The number of carbonyl (C=O) groups is 1. The number of likely N-dealkylation sites (tertiary alicyclic amines) is 1. The minimum Gasteiger partial charge on any atom is -0.327 e. The van der Waals surface area contributed by atoms with Gasteiger partial charge in [-0.05, 0) is 30.0 Å². The zero-order valence-electron chi connectivity index (χ0n) is 12.3. The Kier molecular flexibility index (Phi) is 5.15. The van der Waals surface area contributed by atoms with Crippen LogP contribution in [-0.2, 0) is 4.79 Å². The van der Waals surface area contributed by atoms with Crippen LogP contribution in [0.15, 0.2) is 18.2 Å². The summed E-state index contributed by atoms with van der Waals surface area (Å²) < 4.78 is 0. The van der Waals surface area contributed by atoms with Gasteiger partial charge < -0.3 is 11.1 Å². The van der Waals surface area contributed by atoms with E-state index in [4.69, 9.17) is 28.9 Å². The predicted octanol–water partition coefficient (Wildman–Crippen LogP) is 2.99. The Morgan fingerprint density at radius 2 is 2.14 bits per heavy atom. The van der Waals surface area contributed by atoms with Crippen molar-refractivity contribution in [3.63, 3.8) is 0 Å². The Balaban J connectivity index is 1.91. The van der Waals surface area contributed by atoms with E-state index in [1.165, 1.54) is 0 Å². The minimum atomic E-state index is -0.0559. The van der Waals surface area contributed by atoms with E-state index in [1.807, 2.05) is 0 Å². The molecule has 1 heterocycles. The molecular weight excluding hydrogens is 309 g/mol. The highest BCUT2D eigenvalue weighted by atomic mass is 35.5. The second-order valence-electron chi connectivity index (χ2n) is 6.27. The van der Waals surface area contributed by atoms with Crippen molar-refractivity contribution in [3.05, 3.63) is 28.2 Å². The van der Waals surface area contributed by atoms with Crippen LogP contribution in [0.5, 0.6) is 0 Å². The molecule has 1 aliphatic heterocycles. The second kappa shape index (κ2) is 6.53. The van der Waals surface area contributed by atoms with Crippen LogP contribution in [0.1, 0.15) is 20.3 Å². The average molecular weight is 330 g/mol. The number of amides is 1. The van der Waals surface area contributed by atoms with E-state index < -0.39 is 0 Å². The highest BCUT2D eigenvalue weighted by molar-refractivity contribution is 6.42. The summed E-state index contributed by atoms with van der Waals surface area (Å²) >= 11 is 11.8.